The van der Waals surface area contributed by atoms with Gasteiger partial charge in [-0.1, -0.05) is 5.92 Å². The number of hydrogen-bond donors (Lipinski definition) is 1. The van der Waals surface area contributed by atoms with Crippen molar-refractivity contribution in [3.05, 3.63) is 0 Å². The van der Waals surface area contributed by atoms with Crippen LogP contribution in [0.15, 0.2) is 0 Å². The summed E-state index contributed by atoms with van der Waals surface area (Å²) in [7, 11) is 0. The van der Waals surface area contributed by atoms with E-state index in [1.807, 2.05) is 0 Å². The average molecular weight is 132 g/mol. The van der Waals surface area contributed by atoms with Crippen molar-refractivity contribution >= 4 is 11.6 Å². The van der Waals surface area contributed by atoms with Gasteiger partial charge in [-0.15, -0.1) is 17.5 Å². The second-order valence-electron chi connectivity index (χ2n) is 1.35. The first-order valence-corrected chi connectivity index (χ1v) is 3.17. The van der Waals surface area contributed by atoms with E-state index in [0.29, 0.717) is 12.4 Å². The van der Waals surface area contributed by atoms with Gasteiger partial charge in [0.1, 0.15) is 0 Å². The van der Waals surface area contributed by atoms with Gasteiger partial charge < -0.3 is 5.73 Å². The summed E-state index contributed by atoms with van der Waals surface area (Å²) in [5, 5.41) is 0. The first kappa shape index (κ1) is 7.81. The van der Waals surface area contributed by atoms with Crippen molar-refractivity contribution < 1.29 is 0 Å². The van der Waals surface area contributed by atoms with Crippen molar-refractivity contribution in [1.82, 2.24) is 0 Å². The third-order valence-electron chi connectivity index (χ3n) is 0.662. The van der Waals surface area contributed by atoms with Crippen molar-refractivity contribution in [1.29, 1.82) is 0 Å². The fourth-order valence-electron chi connectivity index (χ4n) is 0.316. The summed E-state index contributed by atoms with van der Waals surface area (Å²) in [5.74, 6) is 6.32. The van der Waals surface area contributed by atoms with Gasteiger partial charge in [0.25, 0.3) is 0 Å². The van der Waals surface area contributed by atoms with Crippen LogP contribution in [0.1, 0.15) is 12.8 Å². The number of halogens is 1. The van der Waals surface area contributed by atoms with Gasteiger partial charge in [0.15, 0.2) is 0 Å². The summed E-state index contributed by atoms with van der Waals surface area (Å²) < 4.78 is 0. The van der Waals surface area contributed by atoms with Gasteiger partial charge in [-0.05, 0) is 6.42 Å². The lowest BCUT2D eigenvalue weighted by atomic mass is 10.3. The maximum atomic E-state index is 5.38. The zero-order chi connectivity index (χ0) is 6.24. The predicted molar refractivity (Wildman–Crippen MR) is 36.8 cm³/mol. The quantitative estimate of drug-likeness (QED) is 0.337. The zero-order valence-electron chi connectivity index (χ0n) is 4.78. The number of hydrogen-bond acceptors (Lipinski definition) is 1. The Balaban J connectivity index is 2.90. The van der Waals surface area contributed by atoms with Crippen molar-refractivity contribution in [2.45, 2.75) is 12.8 Å². The molecule has 0 spiro atoms. The van der Waals surface area contributed by atoms with Crippen LogP contribution in [0, 0.1) is 11.8 Å². The first-order valence-electron chi connectivity index (χ1n) is 2.63. The van der Waals surface area contributed by atoms with E-state index in [1.165, 1.54) is 0 Å². The van der Waals surface area contributed by atoms with Gasteiger partial charge >= 0.3 is 0 Å². The van der Waals surface area contributed by atoms with Crippen LogP contribution in [0.25, 0.3) is 0 Å². The van der Waals surface area contributed by atoms with E-state index < -0.39 is 0 Å². The molecule has 0 rings (SSSR count). The van der Waals surface area contributed by atoms with Crippen molar-refractivity contribution in [3.63, 3.8) is 0 Å². The molecule has 0 radical (unpaired) electrons. The molecule has 0 unspecified atom stereocenters. The smallest absolute Gasteiger partial charge is 0.0551 e. The third kappa shape index (κ3) is 5.81. The second-order valence-corrected chi connectivity index (χ2v) is 1.73. The van der Waals surface area contributed by atoms with Crippen LogP contribution >= 0.6 is 11.6 Å². The standard InChI is InChI=1S/C6H10ClN/c7-5-3-1-2-4-6-8/h1,3,5-6,8H2. The first-order chi connectivity index (χ1) is 3.91. The summed E-state index contributed by atoms with van der Waals surface area (Å²) >= 11 is 5.38. The van der Waals surface area contributed by atoms with E-state index in [0.717, 1.165) is 12.8 Å². The maximum absolute atomic E-state index is 5.38. The van der Waals surface area contributed by atoms with E-state index in [2.05, 4.69) is 11.8 Å². The van der Waals surface area contributed by atoms with Crippen molar-refractivity contribution in [2.24, 2.45) is 5.73 Å². The van der Waals surface area contributed by atoms with Crippen LogP contribution in [0.4, 0.5) is 0 Å². The van der Waals surface area contributed by atoms with Crippen LogP contribution in [0.5, 0.6) is 0 Å². The predicted octanol–water partition coefficient (Wildman–Crippen LogP) is 0.968. The third-order valence-corrected chi connectivity index (χ3v) is 0.930. The molecule has 0 aliphatic rings. The van der Waals surface area contributed by atoms with Crippen LogP contribution in [-0.2, 0) is 0 Å². The van der Waals surface area contributed by atoms with Gasteiger partial charge in [-0.3, -0.25) is 0 Å². The number of rotatable bonds is 2. The molecule has 0 aromatic carbocycles. The molecule has 0 saturated heterocycles. The van der Waals surface area contributed by atoms with Gasteiger partial charge in [-0.2, -0.15) is 0 Å². The van der Waals surface area contributed by atoms with Crippen molar-refractivity contribution in [3.8, 4) is 11.8 Å². The Labute approximate surface area is 55.2 Å². The molecule has 0 fully saturated rings. The largest absolute Gasteiger partial charge is 0.320 e. The normalized spacial score (nSPS) is 7.75. The molecule has 2 heteroatoms. The Morgan fingerprint density at radius 3 is 2.62 bits per heavy atom. The molecule has 0 amide bonds. The molecule has 0 aliphatic carbocycles. The lowest BCUT2D eigenvalue weighted by Crippen LogP contribution is -1.92. The van der Waals surface area contributed by atoms with Crippen LogP contribution < -0.4 is 5.73 Å². The van der Waals surface area contributed by atoms with Gasteiger partial charge in [-0.25, -0.2) is 0 Å². The zero-order valence-corrected chi connectivity index (χ0v) is 5.54. The molecule has 46 valence electrons. The molecule has 0 aliphatic heterocycles. The maximum Gasteiger partial charge on any atom is 0.0551 e. The van der Waals surface area contributed by atoms with E-state index in [1.54, 1.807) is 0 Å². The molecule has 8 heavy (non-hydrogen) atoms. The van der Waals surface area contributed by atoms with Gasteiger partial charge in [0, 0.05) is 12.3 Å². The summed E-state index contributed by atoms with van der Waals surface area (Å²) in [4.78, 5) is 0. The minimum atomic E-state index is 0.461. The number of unbranched alkanes of at least 4 members (excludes halogenated alkanes) is 1. The summed E-state index contributed by atoms with van der Waals surface area (Å²) in [6, 6.07) is 0. The molecule has 0 saturated carbocycles. The Morgan fingerprint density at radius 2 is 2.12 bits per heavy atom. The van der Waals surface area contributed by atoms with E-state index >= 15 is 0 Å². The lowest BCUT2D eigenvalue weighted by Gasteiger charge is -1.80. The molecular formula is C6H10ClN. The molecule has 2 N–H and O–H groups in total. The highest BCUT2D eigenvalue weighted by molar-refractivity contribution is 6.17. The van der Waals surface area contributed by atoms with Crippen molar-refractivity contribution in [2.75, 3.05) is 12.4 Å². The average Bonchev–Trinajstić information content (AvgIpc) is 1.81. The molecule has 1 nitrogen and oxygen atoms in total. The molecule has 0 aromatic rings. The summed E-state index contributed by atoms with van der Waals surface area (Å²) in [5.41, 5.74) is 5.10. The fourth-order valence-corrected chi connectivity index (χ4v) is 0.449. The van der Waals surface area contributed by atoms with Crippen LogP contribution in [0.3, 0.4) is 0 Å². The van der Waals surface area contributed by atoms with E-state index in [-0.39, 0.29) is 0 Å². The Kier molecular flexibility index (Phi) is 6.65. The number of alkyl halides is 1. The SMILES string of the molecule is NCC#CCCCCl. The molecule has 0 atom stereocenters. The minimum absolute atomic E-state index is 0.461. The highest BCUT2D eigenvalue weighted by atomic mass is 35.5. The summed E-state index contributed by atoms with van der Waals surface area (Å²) in [6.07, 6.45) is 1.84. The monoisotopic (exact) mass is 131 g/mol. The highest BCUT2D eigenvalue weighted by Crippen LogP contribution is 1.87. The van der Waals surface area contributed by atoms with Crippen LogP contribution in [0.2, 0.25) is 0 Å². The highest BCUT2D eigenvalue weighted by Gasteiger charge is 1.75. The molecule has 0 aromatic heterocycles. The second kappa shape index (κ2) is 6.81. The summed E-state index contributed by atoms with van der Waals surface area (Å²) in [6.45, 7) is 0.461. The molecular weight excluding hydrogens is 122 g/mol. The Bertz CT molecular complexity index is 90.4. The number of nitrogens with two attached hydrogens (primary N) is 1. The fraction of sp³-hybridized carbons (Fsp3) is 0.667. The Hall–Kier alpha value is -0.190. The van der Waals surface area contributed by atoms with Gasteiger partial charge in [0.05, 0.1) is 6.54 Å². The Morgan fingerprint density at radius 1 is 1.38 bits per heavy atom. The molecule has 0 heterocycles. The van der Waals surface area contributed by atoms with E-state index in [4.69, 9.17) is 17.3 Å². The van der Waals surface area contributed by atoms with Gasteiger partial charge in [0.2, 0.25) is 0 Å². The molecule has 0 bridgehead atoms. The topological polar surface area (TPSA) is 26.0 Å². The minimum Gasteiger partial charge on any atom is -0.320 e. The lowest BCUT2D eigenvalue weighted by molar-refractivity contribution is 0.990. The van der Waals surface area contributed by atoms with Crippen LogP contribution in [-0.4, -0.2) is 12.4 Å². The van der Waals surface area contributed by atoms with E-state index in [9.17, 15) is 0 Å².